The zero-order chi connectivity index (χ0) is 36.8. The molecule has 0 spiro atoms. The van der Waals surface area contributed by atoms with Gasteiger partial charge < -0.3 is 35.8 Å². The van der Waals surface area contributed by atoms with E-state index in [2.05, 4.69) is 17.6 Å². The molecule has 270 valence electrons. The van der Waals surface area contributed by atoms with Crippen molar-refractivity contribution < 1.29 is 38.6 Å². The molecule has 2 aromatic carbocycles. The van der Waals surface area contributed by atoms with Crippen molar-refractivity contribution in [3.05, 3.63) is 65.7 Å². The van der Waals surface area contributed by atoms with Crippen molar-refractivity contribution in [2.24, 2.45) is 5.73 Å². The summed E-state index contributed by atoms with van der Waals surface area (Å²) < 4.78 is 11.0. The fourth-order valence-corrected chi connectivity index (χ4v) is 5.14. The summed E-state index contributed by atoms with van der Waals surface area (Å²) in [7, 11) is 0. The third-order valence-electron chi connectivity index (χ3n) is 7.26. The van der Waals surface area contributed by atoms with Gasteiger partial charge in [-0.05, 0) is 59.6 Å². The van der Waals surface area contributed by atoms with E-state index in [1.165, 1.54) is 17.0 Å². The third kappa shape index (κ3) is 14.6. The van der Waals surface area contributed by atoms with Gasteiger partial charge in [0.2, 0.25) is 17.7 Å². The Bertz CT molecular complexity index is 1400. The van der Waals surface area contributed by atoms with E-state index in [9.17, 15) is 29.1 Å². The first-order valence-electron chi connectivity index (χ1n) is 16.8. The van der Waals surface area contributed by atoms with Crippen LogP contribution in [0, 0.1) is 0 Å². The van der Waals surface area contributed by atoms with Crippen LogP contribution in [-0.4, -0.2) is 69.6 Å². The predicted molar refractivity (Wildman–Crippen MR) is 186 cm³/mol. The van der Waals surface area contributed by atoms with E-state index in [1.807, 2.05) is 30.3 Å². The Morgan fingerprint density at radius 3 is 1.96 bits per heavy atom. The monoisotopic (exact) mass is 682 g/mol. The normalized spacial score (nSPS) is 13.4. The molecule has 49 heavy (non-hydrogen) atoms. The number of esters is 1. The second-order valence-corrected chi connectivity index (χ2v) is 14.1. The number of nitrogens with zero attached hydrogens (tertiary/aromatic N) is 1. The van der Waals surface area contributed by atoms with Gasteiger partial charge in [-0.2, -0.15) is 0 Å². The van der Waals surface area contributed by atoms with E-state index in [-0.39, 0.29) is 24.3 Å². The molecule has 3 unspecified atom stereocenters. The molecule has 0 fully saturated rings. The van der Waals surface area contributed by atoms with Crippen molar-refractivity contribution in [3.8, 4) is 5.75 Å². The topological polar surface area (TPSA) is 177 Å². The van der Waals surface area contributed by atoms with Crippen molar-refractivity contribution in [2.75, 3.05) is 6.54 Å². The SMILES string of the molecule is CCCCCCCN(C(=O)C(CC(N)=O)NC(=O)OC(C)(C)C)C(C(=O)NC(Cc1ccccc1)C(=O)OC(C)(C)C)c1ccccc1O. The highest BCUT2D eigenvalue weighted by molar-refractivity contribution is 5.96. The lowest BCUT2D eigenvalue weighted by Crippen LogP contribution is -2.55. The second-order valence-electron chi connectivity index (χ2n) is 14.1. The maximum Gasteiger partial charge on any atom is 0.408 e. The Kier molecular flexibility index (Phi) is 15.6. The number of aromatic hydroxyl groups is 1. The summed E-state index contributed by atoms with van der Waals surface area (Å²) in [4.78, 5) is 68.6. The number of benzene rings is 2. The summed E-state index contributed by atoms with van der Waals surface area (Å²) >= 11 is 0. The first-order valence-corrected chi connectivity index (χ1v) is 16.8. The van der Waals surface area contributed by atoms with E-state index in [0.717, 1.165) is 31.2 Å². The van der Waals surface area contributed by atoms with Gasteiger partial charge in [0.25, 0.3) is 0 Å². The van der Waals surface area contributed by atoms with Crippen molar-refractivity contribution in [1.82, 2.24) is 15.5 Å². The maximum atomic E-state index is 14.5. The number of rotatable bonds is 17. The molecule has 0 aromatic heterocycles. The van der Waals surface area contributed by atoms with Crippen LogP contribution in [0.15, 0.2) is 54.6 Å². The minimum absolute atomic E-state index is 0.0238. The molecule has 3 atom stereocenters. The van der Waals surface area contributed by atoms with E-state index in [1.54, 1.807) is 53.7 Å². The number of carbonyl (C=O) groups is 5. The summed E-state index contributed by atoms with van der Waals surface area (Å²) in [6, 6.07) is 11.0. The summed E-state index contributed by atoms with van der Waals surface area (Å²) in [5, 5.41) is 16.3. The van der Waals surface area contributed by atoms with Crippen LogP contribution in [0.25, 0.3) is 0 Å². The number of phenolic OH excluding ortho intramolecular Hbond substituents is 1. The predicted octanol–water partition coefficient (Wildman–Crippen LogP) is 5.07. The molecule has 0 radical (unpaired) electrons. The van der Waals surface area contributed by atoms with Crippen LogP contribution >= 0.6 is 0 Å². The summed E-state index contributed by atoms with van der Waals surface area (Å²) in [5.41, 5.74) is 4.58. The van der Waals surface area contributed by atoms with Crippen molar-refractivity contribution >= 4 is 29.8 Å². The van der Waals surface area contributed by atoms with Gasteiger partial charge in [0, 0.05) is 18.5 Å². The van der Waals surface area contributed by atoms with Gasteiger partial charge in [-0.1, -0.05) is 81.1 Å². The molecule has 5 N–H and O–H groups in total. The van der Waals surface area contributed by atoms with Gasteiger partial charge in [-0.3, -0.25) is 14.4 Å². The molecule has 0 saturated carbocycles. The zero-order valence-corrected chi connectivity index (χ0v) is 29.9. The van der Waals surface area contributed by atoms with Gasteiger partial charge in [0.1, 0.15) is 35.1 Å². The Balaban J connectivity index is 2.65. The van der Waals surface area contributed by atoms with Gasteiger partial charge >= 0.3 is 12.1 Å². The van der Waals surface area contributed by atoms with Crippen LogP contribution in [-0.2, 0) is 35.1 Å². The largest absolute Gasteiger partial charge is 0.508 e. The molecule has 2 rings (SSSR count). The minimum Gasteiger partial charge on any atom is -0.508 e. The first-order chi connectivity index (χ1) is 22.9. The molecule has 0 heterocycles. The molecule has 0 aliphatic rings. The van der Waals surface area contributed by atoms with Crippen LogP contribution < -0.4 is 16.4 Å². The molecule has 0 aliphatic heterocycles. The molecular formula is C37H54N4O8. The van der Waals surface area contributed by atoms with Crippen molar-refractivity contribution in [1.29, 1.82) is 0 Å². The highest BCUT2D eigenvalue weighted by Gasteiger charge is 2.39. The van der Waals surface area contributed by atoms with Crippen molar-refractivity contribution in [3.63, 3.8) is 0 Å². The molecule has 12 nitrogen and oxygen atoms in total. The molecule has 12 heteroatoms. The lowest BCUT2D eigenvalue weighted by Gasteiger charge is -2.35. The van der Waals surface area contributed by atoms with Crippen LogP contribution in [0.1, 0.15) is 104 Å². The first kappa shape index (κ1) is 40.6. The Morgan fingerprint density at radius 2 is 1.39 bits per heavy atom. The highest BCUT2D eigenvalue weighted by Crippen LogP contribution is 2.31. The van der Waals surface area contributed by atoms with Gasteiger partial charge in [0.05, 0.1) is 6.42 Å². The number of phenols is 1. The number of primary amides is 1. The van der Waals surface area contributed by atoms with Gasteiger partial charge in [-0.25, -0.2) is 9.59 Å². The third-order valence-corrected chi connectivity index (χ3v) is 7.26. The smallest absolute Gasteiger partial charge is 0.408 e. The summed E-state index contributed by atoms with van der Waals surface area (Å²) in [5.74, 6) is -3.38. The average Bonchev–Trinajstić information content (AvgIpc) is 2.98. The molecular weight excluding hydrogens is 628 g/mol. The summed E-state index contributed by atoms with van der Waals surface area (Å²) in [6.45, 7) is 12.2. The number of para-hydroxylation sites is 1. The molecule has 0 aliphatic carbocycles. The Labute approximate surface area is 290 Å². The number of nitrogens with one attached hydrogen (secondary N) is 2. The van der Waals surface area contributed by atoms with Crippen LogP contribution in [0.3, 0.4) is 0 Å². The number of unbranched alkanes of at least 4 members (excludes halogenated alkanes) is 4. The molecule has 0 bridgehead atoms. The van der Waals surface area contributed by atoms with Gasteiger partial charge in [0.15, 0.2) is 0 Å². The quantitative estimate of drug-likeness (QED) is 0.132. The standard InChI is InChI=1S/C37H54N4O8/c1-8-9-10-11-17-22-41(33(45)27(24-30(38)43)40-35(47)49-37(5,6)7)31(26-20-15-16-21-29(26)42)32(44)39-28(34(46)48-36(2,3)4)23-25-18-13-12-14-19-25/h12-16,18-21,27-28,31,42H,8-11,17,22-24H2,1-7H3,(H2,38,43)(H,39,44)(H,40,47). The number of amides is 4. The number of nitrogens with two attached hydrogens (primary N) is 1. The van der Waals surface area contributed by atoms with E-state index < -0.39 is 65.5 Å². The van der Waals surface area contributed by atoms with Gasteiger partial charge in [-0.15, -0.1) is 0 Å². The maximum absolute atomic E-state index is 14.5. The van der Waals surface area contributed by atoms with E-state index in [4.69, 9.17) is 15.2 Å². The van der Waals surface area contributed by atoms with E-state index in [0.29, 0.717) is 6.42 Å². The fourth-order valence-electron chi connectivity index (χ4n) is 5.14. The molecule has 0 saturated heterocycles. The highest BCUT2D eigenvalue weighted by atomic mass is 16.6. The number of carbonyl (C=O) groups excluding carboxylic acids is 5. The lowest BCUT2D eigenvalue weighted by molar-refractivity contribution is -0.159. The average molecular weight is 683 g/mol. The minimum atomic E-state index is -1.49. The van der Waals surface area contributed by atoms with E-state index >= 15 is 0 Å². The fraction of sp³-hybridized carbons (Fsp3) is 0.541. The second kappa shape index (κ2) is 18.8. The molecule has 4 amide bonds. The van der Waals surface area contributed by atoms with Crippen LogP contribution in [0.5, 0.6) is 5.75 Å². The summed E-state index contributed by atoms with van der Waals surface area (Å²) in [6.07, 6.45) is 2.59. The number of hydrogen-bond donors (Lipinski definition) is 4. The van der Waals surface area contributed by atoms with Crippen LogP contribution in [0.4, 0.5) is 4.79 Å². The van der Waals surface area contributed by atoms with Crippen molar-refractivity contribution in [2.45, 2.75) is 123 Å². The molecule has 2 aromatic rings. The van der Waals surface area contributed by atoms with Crippen LogP contribution in [0.2, 0.25) is 0 Å². The number of alkyl carbamates (subject to hydrolysis) is 1. The number of hydrogen-bond acceptors (Lipinski definition) is 8. The number of ether oxygens (including phenoxy) is 2. The Morgan fingerprint density at radius 1 is 0.796 bits per heavy atom. The Hall–Kier alpha value is -4.61. The lowest BCUT2D eigenvalue weighted by atomic mass is 9.99. The zero-order valence-electron chi connectivity index (χ0n) is 29.9.